The van der Waals surface area contributed by atoms with Crippen LogP contribution in [0, 0.1) is 0 Å². The van der Waals surface area contributed by atoms with Gasteiger partial charge in [-0.1, -0.05) is 37.2 Å². The molecule has 1 saturated heterocycles. The number of thiazole rings is 1. The Hall–Kier alpha value is -0.530. The predicted molar refractivity (Wildman–Crippen MR) is 115 cm³/mol. The standard InChI is InChI=1S/C18H24ClN3OS2.ClH/c1-4-14(5-2)21-8-9-22(12(3)23)17(11-21)25-18-20-15-10-13(19)6-7-16(15)24-18;/h6-7,10,14,17H,4-5,8-9,11H2,1-3H3;1H. The number of nitrogens with zero attached hydrogens (tertiary/aromatic N) is 3. The minimum absolute atomic E-state index is 0. The van der Waals surface area contributed by atoms with Gasteiger partial charge in [-0.05, 0) is 31.0 Å². The molecule has 1 aromatic carbocycles. The molecule has 0 radical (unpaired) electrons. The number of halogens is 2. The van der Waals surface area contributed by atoms with Crippen LogP contribution in [0.25, 0.3) is 10.2 Å². The van der Waals surface area contributed by atoms with E-state index in [0.29, 0.717) is 11.1 Å². The number of piperazine rings is 1. The molecule has 1 atom stereocenters. The van der Waals surface area contributed by atoms with Crippen LogP contribution in [0.5, 0.6) is 0 Å². The summed E-state index contributed by atoms with van der Waals surface area (Å²) in [5, 5.41) is 0.820. The Labute approximate surface area is 174 Å². The van der Waals surface area contributed by atoms with Gasteiger partial charge in [0.25, 0.3) is 0 Å². The highest BCUT2D eigenvalue weighted by Crippen LogP contribution is 2.36. The zero-order chi connectivity index (χ0) is 18.0. The third kappa shape index (κ3) is 4.84. The van der Waals surface area contributed by atoms with Gasteiger partial charge in [0.15, 0.2) is 4.34 Å². The Kier molecular flexibility index (Phi) is 8.04. The summed E-state index contributed by atoms with van der Waals surface area (Å²) in [4.78, 5) is 21.3. The molecule has 1 unspecified atom stereocenters. The minimum Gasteiger partial charge on any atom is -0.328 e. The van der Waals surface area contributed by atoms with Crippen molar-refractivity contribution in [3.63, 3.8) is 0 Å². The van der Waals surface area contributed by atoms with Crippen LogP contribution in [0.3, 0.4) is 0 Å². The van der Waals surface area contributed by atoms with Crippen molar-refractivity contribution in [1.82, 2.24) is 14.8 Å². The van der Waals surface area contributed by atoms with E-state index in [9.17, 15) is 4.79 Å². The van der Waals surface area contributed by atoms with Crippen molar-refractivity contribution in [2.24, 2.45) is 0 Å². The van der Waals surface area contributed by atoms with Gasteiger partial charge in [0.1, 0.15) is 0 Å². The number of carbonyl (C=O) groups excluding carboxylic acids is 1. The molecule has 1 aliphatic heterocycles. The molecule has 8 heteroatoms. The summed E-state index contributed by atoms with van der Waals surface area (Å²) in [6.07, 6.45) is 2.29. The first-order valence-electron chi connectivity index (χ1n) is 8.75. The normalized spacial score (nSPS) is 18.3. The fraction of sp³-hybridized carbons (Fsp3) is 0.556. The molecule has 2 aromatic rings. The lowest BCUT2D eigenvalue weighted by Gasteiger charge is -2.43. The van der Waals surface area contributed by atoms with Crippen LogP contribution in [-0.2, 0) is 4.79 Å². The van der Waals surface area contributed by atoms with Gasteiger partial charge >= 0.3 is 0 Å². The summed E-state index contributed by atoms with van der Waals surface area (Å²) in [5.74, 6) is 0.144. The Balaban J connectivity index is 0.00000243. The van der Waals surface area contributed by atoms with Gasteiger partial charge in [-0.25, -0.2) is 4.98 Å². The number of amides is 1. The summed E-state index contributed by atoms with van der Waals surface area (Å²) >= 11 is 9.44. The lowest BCUT2D eigenvalue weighted by molar-refractivity contribution is -0.131. The molecule has 1 fully saturated rings. The molecule has 0 aliphatic carbocycles. The molecule has 1 aromatic heterocycles. The van der Waals surface area contributed by atoms with Crippen molar-refractivity contribution < 1.29 is 4.79 Å². The van der Waals surface area contributed by atoms with Crippen molar-refractivity contribution in [2.75, 3.05) is 19.6 Å². The smallest absolute Gasteiger partial charge is 0.220 e. The molecule has 1 aliphatic rings. The van der Waals surface area contributed by atoms with Crippen LogP contribution in [-0.4, -0.2) is 51.7 Å². The van der Waals surface area contributed by atoms with Crippen molar-refractivity contribution in [3.8, 4) is 0 Å². The molecule has 0 N–H and O–H groups in total. The van der Waals surface area contributed by atoms with Crippen LogP contribution in [0.4, 0.5) is 0 Å². The first-order chi connectivity index (χ1) is 12.0. The highest BCUT2D eigenvalue weighted by molar-refractivity contribution is 8.01. The van der Waals surface area contributed by atoms with E-state index < -0.39 is 0 Å². The second-order valence-corrected chi connectivity index (χ2v) is 9.23. The molecule has 2 heterocycles. The van der Waals surface area contributed by atoms with Gasteiger partial charge in [0, 0.05) is 37.6 Å². The quantitative estimate of drug-likeness (QED) is 0.653. The molecule has 1 amide bonds. The zero-order valence-corrected chi connectivity index (χ0v) is 18.5. The SMILES string of the molecule is CCC(CC)N1CCN(C(C)=O)C(Sc2nc3cc(Cl)ccc3s2)C1.Cl. The van der Waals surface area contributed by atoms with Crippen molar-refractivity contribution in [3.05, 3.63) is 23.2 Å². The molecule has 3 rings (SSSR count). The number of fused-ring (bicyclic) bond motifs is 1. The molecule has 0 bridgehead atoms. The maximum atomic E-state index is 12.1. The number of rotatable bonds is 5. The predicted octanol–water partition coefficient (Wildman–Crippen LogP) is 5.14. The number of hydrogen-bond donors (Lipinski definition) is 0. The highest BCUT2D eigenvalue weighted by atomic mass is 35.5. The van der Waals surface area contributed by atoms with E-state index in [-0.39, 0.29) is 23.7 Å². The summed E-state index contributed by atoms with van der Waals surface area (Å²) < 4.78 is 2.13. The first-order valence-corrected chi connectivity index (χ1v) is 10.8. The summed E-state index contributed by atoms with van der Waals surface area (Å²) in [6.45, 7) is 8.79. The molecule has 4 nitrogen and oxygen atoms in total. The Morgan fingerprint density at radius 1 is 1.38 bits per heavy atom. The van der Waals surface area contributed by atoms with E-state index in [4.69, 9.17) is 16.6 Å². The van der Waals surface area contributed by atoms with E-state index in [2.05, 4.69) is 18.7 Å². The Bertz CT molecular complexity index is 751. The third-order valence-electron chi connectivity index (χ3n) is 4.80. The molecular formula is C18H25Cl2N3OS2. The van der Waals surface area contributed by atoms with Gasteiger partial charge in [-0.2, -0.15) is 0 Å². The van der Waals surface area contributed by atoms with E-state index >= 15 is 0 Å². The van der Waals surface area contributed by atoms with Crippen LogP contribution in [0.15, 0.2) is 22.5 Å². The monoisotopic (exact) mass is 433 g/mol. The second kappa shape index (κ2) is 9.60. The molecule has 144 valence electrons. The molecular weight excluding hydrogens is 409 g/mol. The number of benzene rings is 1. The fourth-order valence-electron chi connectivity index (χ4n) is 3.41. The molecule has 26 heavy (non-hydrogen) atoms. The molecule has 0 saturated carbocycles. The fourth-order valence-corrected chi connectivity index (χ4v) is 6.08. The first kappa shape index (κ1) is 21.8. The Morgan fingerprint density at radius 2 is 2.12 bits per heavy atom. The van der Waals surface area contributed by atoms with E-state index in [0.717, 1.165) is 47.0 Å². The highest BCUT2D eigenvalue weighted by Gasteiger charge is 2.32. The third-order valence-corrected chi connectivity index (χ3v) is 7.37. The van der Waals surface area contributed by atoms with Crippen molar-refractivity contribution in [2.45, 2.75) is 49.4 Å². The number of carbonyl (C=O) groups is 1. The largest absolute Gasteiger partial charge is 0.328 e. The average molecular weight is 434 g/mol. The number of hydrogen-bond acceptors (Lipinski definition) is 5. The van der Waals surface area contributed by atoms with Gasteiger partial charge in [-0.3, -0.25) is 9.69 Å². The maximum Gasteiger partial charge on any atom is 0.220 e. The van der Waals surface area contributed by atoms with Crippen LogP contribution >= 0.6 is 47.1 Å². The van der Waals surface area contributed by atoms with E-state index in [1.807, 2.05) is 23.1 Å². The minimum atomic E-state index is 0. The zero-order valence-electron chi connectivity index (χ0n) is 15.3. The topological polar surface area (TPSA) is 36.4 Å². The van der Waals surface area contributed by atoms with Crippen molar-refractivity contribution in [1.29, 1.82) is 0 Å². The van der Waals surface area contributed by atoms with Crippen molar-refractivity contribution >= 4 is 63.2 Å². The summed E-state index contributed by atoms with van der Waals surface area (Å²) in [5.41, 5.74) is 0.932. The van der Waals surface area contributed by atoms with Crippen LogP contribution in [0.2, 0.25) is 5.02 Å². The average Bonchev–Trinajstić information content (AvgIpc) is 2.97. The van der Waals surface area contributed by atoms with Gasteiger partial charge in [-0.15, -0.1) is 23.7 Å². The molecule has 0 spiro atoms. The second-order valence-electron chi connectivity index (χ2n) is 6.34. The Morgan fingerprint density at radius 3 is 2.77 bits per heavy atom. The maximum absolute atomic E-state index is 12.1. The van der Waals surface area contributed by atoms with Gasteiger partial charge < -0.3 is 4.90 Å². The summed E-state index contributed by atoms with van der Waals surface area (Å²) in [6, 6.07) is 6.40. The lowest BCUT2D eigenvalue weighted by Crippen LogP contribution is -2.55. The van der Waals surface area contributed by atoms with Crippen LogP contribution < -0.4 is 0 Å². The van der Waals surface area contributed by atoms with Crippen LogP contribution in [0.1, 0.15) is 33.6 Å². The van der Waals surface area contributed by atoms with E-state index in [1.165, 1.54) is 0 Å². The lowest BCUT2D eigenvalue weighted by atomic mass is 10.1. The van der Waals surface area contributed by atoms with Gasteiger partial charge in [0.05, 0.1) is 15.6 Å². The summed E-state index contributed by atoms with van der Waals surface area (Å²) in [7, 11) is 0. The van der Waals surface area contributed by atoms with E-state index in [1.54, 1.807) is 30.0 Å². The number of thioether (sulfide) groups is 1. The van der Waals surface area contributed by atoms with Gasteiger partial charge in [0.2, 0.25) is 5.91 Å². The number of aromatic nitrogens is 1.